The fourth-order valence-corrected chi connectivity index (χ4v) is 8.96. The average molecular weight is 754 g/mol. The fraction of sp³-hybridized carbons (Fsp3) is 0. The van der Waals surface area contributed by atoms with E-state index in [9.17, 15) is 0 Å². The monoisotopic (exact) mass is 753 g/mol. The molecule has 0 spiro atoms. The Morgan fingerprint density at radius 3 is 1.59 bits per heavy atom. The SMILES string of the molecule is c1ccc(-c2ccc(N(c3ccc(-c4ccc5c(ccc6ccccc65)c4)cc3)c3ccc(-c4cccc5c4oc4c5ccc5oc6ccccc6c54)cc3)cc2)cc1. The van der Waals surface area contributed by atoms with Crippen LogP contribution in [0.1, 0.15) is 0 Å². The van der Waals surface area contributed by atoms with Crippen molar-refractivity contribution in [2.24, 2.45) is 0 Å². The summed E-state index contributed by atoms with van der Waals surface area (Å²) in [7, 11) is 0. The van der Waals surface area contributed by atoms with Crippen LogP contribution in [0.5, 0.6) is 0 Å². The molecule has 10 aromatic carbocycles. The lowest BCUT2D eigenvalue weighted by Crippen LogP contribution is -2.09. The average Bonchev–Trinajstić information content (AvgIpc) is 3.89. The topological polar surface area (TPSA) is 29.5 Å². The summed E-state index contributed by atoms with van der Waals surface area (Å²) in [6.45, 7) is 0. The Bertz CT molecular complexity index is 3520. The van der Waals surface area contributed by atoms with Crippen LogP contribution in [-0.4, -0.2) is 0 Å². The predicted molar refractivity (Wildman–Crippen MR) is 247 cm³/mol. The summed E-state index contributed by atoms with van der Waals surface area (Å²) in [4.78, 5) is 2.33. The molecule has 3 nitrogen and oxygen atoms in total. The molecule has 0 aliphatic rings. The summed E-state index contributed by atoms with van der Waals surface area (Å²) in [6.07, 6.45) is 0. The van der Waals surface area contributed by atoms with Gasteiger partial charge in [-0.15, -0.1) is 0 Å². The molecule has 276 valence electrons. The molecular formula is C56H35NO2. The first-order valence-electron chi connectivity index (χ1n) is 20.1. The first-order chi connectivity index (χ1) is 29.2. The Labute approximate surface area is 340 Å². The van der Waals surface area contributed by atoms with Crippen LogP contribution >= 0.6 is 0 Å². The lowest BCUT2D eigenvalue weighted by molar-refractivity contribution is 0.663. The fourth-order valence-electron chi connectivity index (χ4n) is 8.96. The molecule has 0 unspecified atom stereocenters. The summed E-state index contributed by atoms with van der Waals surface area (Å²) in [5.74, 6) is 0. The van der Waals surface area contributed by atoms with Gasteiger partial charge in [-0.25, -0.2) is 0 Å². The Balaban J connectivity index is 0.935. The molecule has 0 N–H and O–H groups in total. The molecule has 12 aromatic rings. The van der Waals surface area contributed by atoms with Crippen LogP contribution in [0.3, 0.4) is 0 Å². The van der Waals surface area contributed by atoms with Crippen molar-refractivity contribution >= 4 is 82.5 Å². The van der Waals surface area contributed by atoms with Gasteiger partial charge in [0.2, 0.25) is 0 Å². The Hall–Kier alpha value is -7.88. The maximum Gasteiger partial charge on any atom is 0.147 e. The van der Waals surface area contributed by atoms with E-state index in [1.807, 2.05) is 18.2 Å². The number of fused-ring (bicyclic) bond motifs is 10. The number of nitrogens with zero attached hydrogens (tertiary/aromatic N) is 1. The highest BCUT2D eigenvalue weighted by Crippen LogP contribution is 2.43. The molecule has 0 amide bonds. The summed E-state index contributed by atoms with van der Waals surface area (Å²) in [6, 6.07) is 75.8. The molecule has 0 aliphatic carbocycles. The molecule has 3 heteroatoms. The van der Waals surface area contributed by atoms with Gasteiger partial charge in [0.1, 0.15) is 22.3 Å². The number of hydrogen-bond acceptors (Lipinski definition) is 3. The van der Waals surface area contributed by atoms with Crippen LogP contribution < -0.4 is 4.90 Å². The zero-order chi connectivity index (χ0) is 38.9. The molecule has 59 heavy (non-hydrogen) atoms. The van der Waals surface area contributed by atoms with Gasteiger partial charge in [-0.1, -0.05) is 152 Å². The van der Waals surface area contributed by atoms with Crippen LogP contribution in [-0.2, 0) is 0 Å². The summed E-state index contributed by atoms with van der Waals surface area (Å²) < 4.78 is 13.0. The van der Waals surface area contributed by atoms with Crippen molar-refractivity contribution in [3.63, 3.8) is 0 Å². The lowest BCUT2D eigenvalue weighted by Gasteiger charge is -2.26. The zero-order valence-electron chi connectivity index (χ0n) is 32.0. The van der Waals surface area contributed by atoms with Crippen LogP contribution in [0, 0.1) is 0 Å². The summed E-state index contributed by atoms with van der Waals surface area (Å²) in [5.41, 5.74) is 13.6. The second kappa shape index (κ2) is 13.4. The van der Waals surface area contributed by atoms with Crippen LogP contribution in [0.15, 0.2) is 221 Å². The highest BCUT2D eigenvalue weighted by Gasteiger charge is 2.19. The molecule has 0 saturated heterocycles. The predicted octanol–water partition coefficient (Wildman–Crippen LogP) is 16.3. The molecule has 2 heterocycles. The van der Waals surface area contributed by atoms with Gasteiger partial charge >= 0.3 is 0 Å². The van der Waals surface area contributed by atoms with Gasteiger partial charge in [0.25, 0.3) is 0 Å². The van der Waals surface area contributed by atoms with E-state index in [1.165, 1.54) is 43.8 Å². The minimum Gasteiger partial charge on any atom is -0.456 e. The highest BCUT2D eigenvalue weighted by atomic mass is 16.3. The number of anilines is 3. The van der Waals surface area contributed by atoms with Crippen molar-refractivity contribution in [1.29, 1.82) is 0 Å². The second-order valence-corrected chi connectivity index (χ2v) is 15.3. The van der Waals surface area contributed by atoms with Crippen LogP contribution in [0.4, 0.5) is 17.1 Å². The summed E-state index contributed by atoms with van der Waals surface area (Å²) >= 11 is 0. The molecule has 2 aromatic heterocycles. The van der Waals surface area contributed by atoms with E-state index in [2.05, 4.69) is 199 Å². The molecule has 0 aliphatic heterocycles. The lowest BCUT2D eigenvalue weighted by atomic mass is 9.97. The number of furan rings is 2. The molecular weight excluding hydrogens is 719 g/mol. The third-order valence-corrected chi connectivity index (χ3v) is 11.9. The van der Waals surface area contributed by atoms with Gasteiger partial charge < -0.3 is 13.7 Å². The van der Waals surface area contributed by atoms with Crippen molar-refractivity contribution in [2.45, 2.75) is 0 Å². The Morgan fingerprint density at radius 1 is 0.288 bits per heavy atom. The van der Waals surface area contributed by atoms with E-state index in [4.69, 9.17) is 8.83 Å². The van der Waals surface area contributed by atoms with Crippen LogP contribution in [0.2, 0.25) is 0 Å². The molecule has 12 rings (SSSR count). The number of hydrogen-bond donors (Lipinski definition) is 0. The van der Waals surface area contributed by atoms with E-state index in [-0.39, 0.29) is 0 Å². The number of rotatable bonds is 6. The largest absolute Gasteiger partial charge is 0.456 e. The smallest absolute Gasteiger partial charge is 0.147 e. The van der Waals surface area contributed by atoms with Gasteiger partial charge in [0.15, 0.2) is 0 Å². The second-order valence-electron chi connectivity index (χ2n) is 15.3. The molecule has 0 radical (unpaired) electrons. The van der Waals surface area contributed by atoms with E-state index in [0.29, 0.717) is 0 Å². The van der Waals surface area contributed by atoms with Crippen molar-refractivity contribution in [3.05, 3.63) is 212 Å². The minimum atomic E-state index is 0.833. The van der Waals surface area contributed by atoms with Crippen molar-refractivity contribution in [2.75, 3.05) is 4.90 Å². The number of para-hydroxylation sites is 2. The van der Waals surface area contributed by atoms with Crippen molar-refractivity contribution < 1.29 is 8.83 Å². The maximum absolute atomic E-state index is 6.80. The minimum absolute atomic E-state index is 0.833. The first-order valence-corrected chi connectivity index (χ1v) is 20.1. The summed E-state index contributed by atoms with van der Waals surface area (Å²) in [5, 5.41) is 9.32. The molecule has 0 fully saturated rings. The normalized spacial score (nSPS) is 11.7. The van der Waals surface area contributed by atoms with E-state index >= 15 is 0 Å². The van der Waals surface area contributed by atoms with E-state index < -0.39 is 0 Å². The third-order valence-electron chi connectivity index (χ3n) is 11.9. The van der Waals surface area contributed by atoms with E-state index in [1.54, 1.807) is 0 Å². The molecule has 0 saturated carbocycles. The highest BCUT2D eigenvalue weighted by molar-refractivity contribution is 6.23. The van der Waals surface area contributed by atoms with Crippen molar-refractivity contribution in [1.82, 2.24) is 0 Å². The number of benzene rings is 10. The maximum atomic E-state index is 6.80. The standard InChI is InChI=1S/C56H35NO2/c1-2-9-36(10-3-1)37-19-26-43(27-20-37)57(44-28-21-38(22-29-44)41-25-32-47-42(35-41)18-17-39-11-4-5-12-46(39)47)45-30-23-40(24-31-45)48-14-8-15-49-50-33-34-53-54(56(50)59-55(48)49)51-13-6-7-16-52(51)58-53/h1-35H. The third kappa shape index (κ3) is 5.51. The molecule has 0 atom stereocenters. The van der Waals surface area contributed by atoms with Gasteiger partial charge in [0, 0.05) is 38.8 Å². The first kappa shape index (κ1) is 33.3. The Morgan fingerprint density at radius 2 is 0.831 bits per heavy atom. The van der Waals surface area contributed by atoms with Gasteiger partial charge in [-0.05, 0) is 110 Å². The zero-order valence-corrected chi connectivity index (χ0v) is 32.0. The van der Waals surface area contributed by atoms with E-state index in [0.717, 1.165) is 72.1 Å². The van der Waals surface area contributed by atoms with Gasteiger partial charge in [-0.2, -0.15) is 0 Å². The van der Waals surface area contributed by atoms with Gasteiger partial charge in [-0.3, -0.25) is 0 Å². The molecule has 0 bridgehead atoms. The quantitative estimate of drug-likeness (QED) is 0.158. The van der Waals surface area contributed by atoms with Gasteiger partial charge in [0.05, 0.1) is 5.39 Å². The van der Waals surface area contributed by atoms with Crippen LogP contribution in [0.25, 0.3) is 98.8 Å². The Kier molecular flexibility index (Phi) is 7.54. The van der Waals surface area contributed by atoms with Crippen molar-refractivity contribution in [3.8, 4) is 33.4 Å².